The van der Waals surface area contributed by atoms with Gasteiger partial charge < -0.3 is 34.2 Å². The van der Waals surface area contributed by atoms with Gasteiger partial charge in [0, 0.05) is 87.1 Å². The Morgan fingerprint density at radius 2 is 1.59 bits per heavy atom. The normalized spacial score (nSPS) is 17.5. The highest BCUT2D eigenvalue weighted by molar-refractivity contribution is 6.08. The van der Waals surface area contributed by atoms with E-state index in [0.717, 1.165) is 59.7 Å². The van der Waals surface area contributed by atoms with Crippen molar-refractivity contribution in [3.8, 4) is 17.0 Å². The number of carboxylic acid groups (broad SMARTS) is 1. The number of aromatic hydroxyl groups is 1. The van der Waals surface area contributed by atoms with E-state index in [1.165, 1.54) is 10.5 Å². The Kier molecular flexibility index (Phi) is 9.58. The van der Waals surface area contributed by atoms with E-state index < -0.39 is 6.09 Å². The van der Waals surface area contributed by atoms with E-state index >= 15 is 0 Å². The fourth-order valence-corrected chi connectivity index (χ4v) is 7.68. The van der Waals surface area contributed by atoms with E-state index in [4.69, 9.17) is 4.74 Å². The number of rotatable bonds is 7. The molecule has 1 atom stereocenters. The van der Waals surface area contributed by atoms with Gasteiger partial charge in [0.1, 0.15) is 5.75 Å². The maximum absolute atomic E-state index is 14.8. The highest BCUT2D eigenvalue weighted by Gasteiger charge is 2.33. The van der Waals surface area contributed by atoms with Gasteiger partial charge in [-0.1, -0.05) is 24.3 Å². The summed E-state index contributed by atoms with van der Waals surface area (Å²) in [4.78, 5) is 48.3. The van der Waals surface area contributed by atoms with Crippen molar-refractivity contribution < 1.29 is 29.3 Å². The molecule has 1 aromatic heterocycles. The van der Waals surface area contributed by atoms with E-state index in [2.05, 4.69) is 34.6 Å². The van der Waals surface area contributed by atoms with Gasteiger partial charge in [-0.15, -0.1) is 0 Å². The van der Waals surface area contributed by atoms with Crippen molar-refractivity contribution in [1.29, 1.82) is 0 Å². The van der Waals surface area contributed by atoms with Gasteiger partial charge in [-0.25, -0.2) is 4.79 Å². The van der Waals surface area contributed by atoms with Gasteiger partial charge in [0.15, 0.2) is 0 Å². The van der Waals surface area contributed by atoms with Crippen LogP contribution in [0.1, 0.15) is 55.6 Å². The Labute approximate surface area is 298 Å². The van der Waals surface area contributed by atoms with Crippen LogP contribution in [0.25, 0.3) is 11.3 Å². The summed E-state index contributed by atoms with van der Waals surface area (Å²) in [6.45, 7) is 9.42. The third kappa shape index (κ3) is 6.83. The number of hydrogen-bond acceptors (Lipinski definition) is 6. The molecule has 11 heteroatoms. The third-order valence-corrected chi connectivity index (χ3v) is 10.8. The molecule has 2 N–H and O–H groups in total. The van der Waals surface area contributed by atoms with Crippen molar-refractivity contribution in [2.24, 2.45) is 0 Å². The van der Waals surface area contributed by atoms with E-state index in [-0.39, 0.29) is 30.2 Å². The molecule has 0 aliphatic carbocycles. The number of morpholine rings is 1. The molecule has 0 spiro atoms. The first-order chi connectivity index (χ1) is 24.6. The van der Waals surface area contributed by atoms with Crippen molar-refractivity contribution in [2.45, 2.75) is 52.4 Å². The number of amides is 3. The number of carbonyl (C=O) groups is 3. The molecule has 51 heavy (non-hydrogen) atoms. The summed E-state index contributed by atoms with van der Waals surface area (Å²) in [5.74, 6) is -0.196. The lowest BCUT2D eigenvalue weighted by atomic mass is 9.90. The van der Waals surface area contributed by atoms with Crippen LogP contribution in [0.2, 0.25) is 0 Å². The minimum Gasteiger partial charge on any atom is -0.508 e. The quantitative estimate of drug-likeness (QED) is 0.267. The molecule has 4 aromatic rings. The van der Waals surface area contributed by atoms with E-state index in [1.54, 1.807) is 36.2 Å². The average molecular weight is 692 g/mol. The number of nitrogens with zero attached hydrogens (tertiary/aromatic N) is 5. The van der Waals surface area contributed by atoms with Gasteiger partial charge in [0.25, 0.3) is 11.8 Å². The number of aromatic nitrogens is 1. The highest BCUT2D eigenvalue weighted by Crippen LogP contribution is 2.36. The first kappa shape index (κ1) is 34.3. The molecule has 3 aromatic carbocycles. The van der Waals surface area contributed by atoms with Crippen LogP contribution in [-0.2, 0) is 37.2 Å². The van der Waals surface area contributed by atoms with Crippen LogP contribution in [0.3, 0.4) is 0 Å². The monoisotopic (exact) mass is 691 g/mol. The van der Waals surface area contributed by atoms with Crippen LogP contribution in [-0.4, -0.2) is 99.9 Å². The predicted molar refractivity (Wildman–Crippen MR) is 194 cm³/mol. The molecule has 11 nitrogen and oxygen atoms in total. The minimum atomic E-state index is -0.979. The second kappa shape index (κ2) is 14.2. The maximum atomic E-state index is 14.8. The fraction of sp³-hybridized carbons (Fsp3) is 0.375. The summed E-state index contributed by atoms with van der Waals surface area (Å²) in [5.41, 5.74) is 8.18. The predicted octanol–water partition coefficient (Wildman–Crippen LogP) is 5.40. The smallest absolute Gasteiger partial charge is 0.407 e. The molecule has 0 unspecified atom stereocenters. The molecule has 7 rings (SSSR count). The van der Waals surface area contributed by atoms with Gasteiger partial charge in [-0.3, -0.25) is 14.5 Å². The summed E-state index contributed by atoms with van der Waals surface area (Å²) in [6.07, 6.45) is 0.290. The van der Waals surface area contributed by atoms with Crippen molar-refractivity contribution in [3.63, 3.8) is 0 Å². The van der Waals surface area contributed by atoms with Crippen LogP contribution in [0, 0.1) is 6.92 Å². The van der Waals surface area contributed by atoms with Crippen LogP contribution >= 0.6 is 0 Å². The molecular weight excluding hydrogens is 646 g/mol. The van der Waals surface area contributed by atoms with Crippen LogP contribution < -0.4 is 4.90 Å². The number of benzene rings is 3. The second-order valence-corrected chi connectivity index (χ2v) is 13.9. The molecule has 3 aliphatic rings. The Balaban J connectivity index is 1.35. The Morgan fingerprint density at radius 1 is 0.863 bits per heavy atom. The molecule has 0 bridgehead atoms. The Bertz CT molecular complexity index is 1960. The van der Waals surface area contributed by atoms with Crippen LogP contribution in [0.5, 0.6) is 5.75 Å². The van der Waals surface area contributed by atoms with Gasteiger partial charge >= 0.3 is 6.09 Å². The lowest BCUT2D eigenvalue weighted by Gasteiger charge is -2.36. The van der Waals surface area contributed by atoms with Crippen molar-refractivity contribution in [2.75, 3.05) is 51.3 Å². The van der Waals surface area contributed by atoms with E-state index in [9.17, 15) is 24.6 Å². The molecule has 4 heterocycles. The summed E-state index contributed by atoms with van der Waals surface area (Å²) in [7, 11) is 1.72. The lowest BCUT2D eigenvalue weighted by Crippen LogP contribution is -2.43. The molecule has 1 saturated heterocycles. The van der Waals surface area contributed by atoms with Gasteiger partial charge in [-0.2, -0.15) is 0 Å². The SMILES string of the molecule is Cc1c(C(=O)N(C)c2ccc(O)cc2)cc(-c2cc3c(cc2C(=O)N2Cc4ccccc4C[C@H]2C)CN(C(=O)O)CC3)n1CCN1CCOCC1. The zero-order valence-electron chi connectivity index (χ0n) is 29.5. The molecule has 0 saturated carbocycles. The standard InChI is InChI=1S/C40H45N5O6/c1-26-20-28-6-4-5-7-30(28)25-45(26)39(48)36-22-31-24-43(40(49)50)13-12-29(31)21-35(36)37-23-34(38(47)41(3)32-8-10-33(46)11-9-32)27(2)44(37)15-14-42-16-18-51-19-17-42/h4-11,21-23,26,46H,12-20,24-25H2,1-3H3,(H,49,50)/t26-/m1/s1. The average Bonchev–Trinajstić information content (AvgIpc) is 3.47. The Morgan fingerprint density at radius 3 is 2.31 bits per heavy atom. The van der Waals surface area contributed by atoms with E-state index in [1.807, 2.05) is 36.1 Å². The first-order valence-corrected chi connectivity index (χ1v) is 17.7. The topological polar surface area (TPSA) is 119 Å². The van der Waals surface area contributed by atoms with Gasteiger partial charge in [0.2, 0.25) is 0 Å². The number of carbonyl (C=O) groups excluding carboxylic acids is 2. The first-order valence-electron chi connectivity index (χ1n) is 17.7. The molecule has 3 amide bonds. The number of phenolic OH excluding ortho intramolecular Hbond substituents is 1. The van der Waals surface area contributed by atoms with Crippen LogP contribution in [0.15, 0.2) is 66.7 Å². The minimum absolute atomic E-state index is 0.0438. The van der Waals surface area contributed by atoms with E-state index in [0.29, 0.717) is 56.1 Å². The van der Waals surface area contributed by atoms with Crippen LogP contribution in [0.4, 0.5) is 10.5 Å². The van der Waals surface area contributed by atoms with Crippen molar-refractivity contribution in [1.82, 2.24) is 19.3 Å². The highest BCUT2D eigenvalue weighted by atomic mass is 16.5. The summed E-state index contributed by atoms with van der Waals surface area (Å²) < 4.78 is 7.75. The zero-order valence-corrected chi connectivity index (χ0v) is 29.5. The largest absolute Gasteiger partial charge is 0.508 e. The van der Waals surface area contributed by atoms with Crippen molar-refractivity contribution >= 4 is 23.6 Å². The Hall–Kier alpha value is -5.13. The molecule has 266 valence electrons. The zero-order chi connectivity index (χ0) is 35.8. The number of anilines is 1. The molecule has 3 aliphatic heterocycles. The fourth-order valence-electron chi connectivity index (χ4n) is 7.68. The molecule has 0 radical (unpaired) electrons. The number of ether oxygens (including phenoxy) is 1. The van der Waals surface area contributed by atoms with Gasteiger partial charge in [0.05, 0.1) is 18.8 Å². The number of phenols is 1. The summed E-state index contributed by atoms with van der Waals surface area (Å²) in [6, 6.07) is 20.6. The molecule has 1 fully saturated rings. The third-order valence-electron chi connectivity index (χ3n) is 10.8. The second-order valence-electron chi connectivity index (χ2n) is 13.9. The number of hydrogen-bond donors (Lipinski definition) is 2. The number of fused-ring (bicyclic) bond motifs is 2. The maximum Gasteiger partial charge on any atom is 0.407 e. The molecular formula is C40H45N5O6. The van der Waals surface area contributed by atoms with Crippen molar-refractivity contribution in [3.05, 3.63) is 106 Å². The lowest BCUT2D eigenvalue weighted by molar-refractivity contribution is 0.0364. The summed E-state index contributed by atoms with van der Waals surface area (Å²) >= 11 is 0. The summed E-state index contributed by atoms with van der Waals surface area (Å²) in [5, 5.41) is 19.7. The van der Waals surface area contributed by atoms with Gasteiger partial charge in [-0.05, 0) is 91.4 Å².